The van der Waals surface area contributed by atoms with Crippen LogP contribution in [0.3, 0.4) is 0 Å². The lowest BCUT2D eigenvalue weighted by atomic mass is 9.97. The molecule has 0 aromatic rings. The molecule has 5 nitrogen and oxygen atoms in total. The van der Waals surface area contributed by atoms with Gasteiger partial charge in [-0.15, -0.1) is 6.58 Å². The van der Waals surface area contributed by atoms with Crippen molar-refractivity contribution >= 4 is 15.9 Å². The van der Waals surface area contributed by atoms with Crippen LogP contribution in [0.15, 0.2) is 12.7 Å². The lowest BCUT2D eigenvalue weighted by Gasteiger charge is -2.29. The van der Waals surface area contributed by atoms with Crippen molar-refractivity contribution in [2.24, 2.45) is 5.92 Å². The first-order valence-electron chi connectivity index (χ1n) is 5.79. The van der Waals surface area contributed by atoms with E-state index in [1.54, 1.807) is 6.08 Å². The van der Waals surface area contributed by atoms with Gasteiger partial charge >= 0.3 is 0 Å². The third kappa shape index (κ3) is 4.47. The molecule has 0 atom stereocenters. The zero-order valence-corrected chi connectivity index (χ0v) is 11.0. The summed E-state index contributed by atoms with van der Waals surface area (Å²) in [6.45, 7) is 5.07. The topological polar surface area (TPSA) is 66.5 Å². The van der Waals surface area contributed by atoms with Gasteiger partial charge in [0.2, 0.25) is 15.9 Å². The summed E-state index contributed by atoms with van der Waals surface area (Å²) in [4.78, 5) is 11.7. The summed E-state index contributed by atoms with van der Waals surface area (Å²) in [5, 5.41) is 2.83. The monoisotopic (exact) mass is 260 g/mol. The molecule has 1 amide bonds. The van der Waals surface area contributed by atoms with E-state index in [1.165, 1.54) is 10.6 Å². The number of piperidine rings is 1. The standard InChI is InChI=1S/C11H20N2O3S/c1-3-4-7-12-11(14)10-5-8-13(9-6-10)17(2,15)16/h3,10H,1,4-9H2,2H3,(H,12,14). The summed E-state index contributed by atoms with van der Waals surface area (Å²) in [5.41, 5.74) is 0. The molecule has 98 valence electrons. The maximum atomic E-state index is 11.7. The van der Waals surface area contributed by atoms with Gasteiger partial charge in [-0.05, 0) is 19.3 Å². The molecule has 0 aliphatic carbocycles. The number of carbonyl (C=O) groups is 1. The Hall–Kier alpha value is -0.880. The summed E-state index contributed by atoms with van der Waals surface area (Å²) >= 11 is 0. The zero-order chi connectivity index (χ0) is 12.9. The Morgan fingerprint density at radius 3 is 2.53 bits per heavy atom. The molecule has 0 aromatic heterocycles. The zero-order valence-electron chi connectivity index (χ0n) is 10.2. The predicted octanol–water partition coefficient (Wildman–Crippen LogP) is 0.350. The van der Waals surface area contributed by atoms with Crippen LogP contribution in [0.1, 0.15) is 19.3 Å². The van der Waals surface area contributed by atoms with Gasteiger partial charge in [0.05, 0.1) is 6.26 Å². The average molecular weight is 260 g/mol. The second kappa shape index (κ2) is 6.16. The van der Waals surface area contributed by atoms with Crippen LogP contribution >= 0.6 is 0 Å². The highest BCUT2D eigenvalue weighted by Crippen LogP contribution is 2.19. The highest BCUT2D eigenvalue weighted by atomic mass is 32.2. The number of rotatable bonds is 5. The molecule has 0 saturated carbocycles. The molecule has 0 spiro atoms. The summed E-state index contributed by atoms with van der Waals surface area (Å²) in [6, 6.07) is 0. The highest BCUT2D eigenvalue weighted by Gasteiger charge is 2.28. The van der Waals surface area contributed by atoms with E-state index in [-0.39, 0.29) is 11.8 Å². The summed E-state index contributed by atoms with van der Waals surface area (Å²) in [5.74, 6) is -0.0298. The number of nitrogens with one attached hydrogen (secondary N) is 1. The molecule has 0 bridgehead atoms. The molecule has 0 unspecified atom stereocenters. The minimum Gasteiger partial charge on any atom is -0.356 e. The van der Waals surface area contributed by atoms with Crippen molar-refractivity contribution in [2.75, 3.05) is 25.9 Å². The first kappa shape index (κ1) is 14.2. The first-order chi connectivity index (χ1) is 7.95. The number of carbonyl (C=O) groups excluding carboxylic acids is 1. The summed E-state index contributed by atoms with van der Waals surface area (Å²) in [7, 11) is -3.11. The SMILES string of the molecule is C=CCCNC(=O)C1CCN(S(C)(=O)=O)CC1. The van der Waals surface area contributed by atoms with Gasteiger partial charge in [-0.25, -0.2) is 12.7 Å². The van der Waals surface area contributed by atoms with Crippen LogP contribution in [0, 0.1) is 5.92 Å². The van der Waals surface area contributed by atoms with Crippen LogP contribution in [-0.4, -0.2) is 44.5 Å². The minimum absolute atomic E-state index is 0.0278. The Balaban J connectivity index is 2.36. The third-order valence-corrected chi connectivity index (χ3v) is 4.24. The fourth-order valence-electron chi connectivity index (χ4n) is 1.89. The van der Waals surface area contributed by atoms with E-state index in [1.807, 2.05) is 0 Å². The maximum absolute atomic E-state index is 11.7. The van der Waals surface area contributed by atoms with Crippen LogP contribution in [-0.2, 0) is 14.8 Å². The van der Waals surface area contributed by atoms with Crippen molar-refractivity contribution in [3.8, 4) is 0 Å². The second-order valence-corrected chi connectivity index (χ2v) is 6.29. The maximum Gasteiger partial charge on any atom is 0.223 e. The van der Waals surface area contributed by atoms with Crippen molar-refractivity contribution in [3.63, 3.8) is 0 Å². The molecule has 0 aromatic carbocycles. The van der Waals surface area contributed by atoms with Crippen LogP contribution in [0.2, 0.25) is 0 Å². The molecule has 1 N–H and O–H groups in total. The number of hydrogen-bond acceptors (Lipinski definition) is 3. The molecule has 1 aliphatic rings. The molecule has 1 fully saturated rings. The van der Waals surface area contributed by atoms with Gasteiger partial charge in [0, 0.05) is 25.6 Å². The molecule has 1 heterocycles. The van der Waals surface area contributed by atoms with E-state index in [0.29, 0.717) is 32.5 Å². The fourth-order valence-corrected chi connectivity index (χ4v) is 2.77. The molecule has 17 heavy (non-hydrogen) atoms. The fraction of sp³-hybridized carbons (Fsp3) is 0.727. The molecule has 0 radical (unpaired) electrons. The van der Waals surface area contributed by atoms with E-state index >= 15 is 0 Å². The van der Waals surface area contributed by atoms with E-state index < -0.39 is 10.0 Å². The Labute approximate surface area is 103 Å². The van der Waals surface area contributed by atoms with E-state index in [2.05, 4.69) is 11.9 Å². The van der Waals surface area contributed by atoms with E-state index in [9.17, 15) is 13.2 Å². The van der Waals surface area contributed by atoms with Gasteiger partial charge in [0.25, 0.3) is 0 Å². The smallest absolute Gasteiger partial charge is 0.223 e. The quantitative estimate of drug-likeness (QED) is 0.573. The summed E-state index contributed by atoms with van der Waals surface area (Å²) in [6.07, 6.45) is 4.93. The Kier molecular flexibility index (Phi) is 5.14. The predicted molar refractivity (Wildman–Crippen MR) is 67.0 cm³/mol. The van der Waals surface area contributed by atoms with Crippen molar-refractivity contribution in [2.45, 2.75) is 19.3 Å². The molecule has 1 aliphatic heterocycles. The number of amides is 1. The van der Waals surface area contributed by atoms with Crippen molar-refractivity contribution in [3.05, 3.63) is 12.7 Å². The Bertz CT molecular complexity index is 370. The molecular weight excluding hydrogens is 240 g/mol. The molecular formula is C11H20N2O3S. The van der Waals surface area contributed by atoms with E-state index in [4.69, 9.17) is 0 Å². The van der Waals surface area contributed by atoms with Gasteiger partial charge in [0.15, 0.2) is 0 Å². The van der Waals surface area contributed by atoms with Crippen LogP contribution in [0.4, 0.5) is 0 Å². The third-order valence-electron chi connectivity index (χ3n) is 2.94. The number of hydrogen-bond donors (Lipinski definition) is 1. The molecule has 1 saturated heterocycles. The largest absolute Gasteiger partial charge is 0.356 e. The van der Waals surface area contributed by atoms with Crippen LogP contribution in [0.5, 0.6) is 0 Å². The Morgan fingerprint density at radius 2 is 2.06 bits per heavy atom. The van der Waals surface area contributed by atoms with Gasteiger partial charge in [-0.1, -0.05) is 6.08 Å². The molecule has 1 rings (SSSR count). The van der Waals surface area contributed by atoms with E-state index in [0.717, 1.165) is 6.42 Å². The number of nitrogens with zero attached hydrogens (tertiary/aromatic N) is 1. The normalized spacial score (nSPS) is 18.9. The highest BCUT2D eigenvalue weighted by molar-refractivity contribution is 7.88. The minimum atomic E-state index is -3.11. The second-order valence-electron chi connectivity index (χ2n) is 4.30. The first-order valence-corrected chi connectivity index (χ1v) is 7.63. The van der Waals surface area contributed by atoms with Gasteiger partial charge in [-0.3, -0.25) is 4.79 Å². The van der Waals surface area contributed by atoms with Gasteiger partial charge < -0.3 is 5.32 Å². The van der Waals surface area contributed by atoms with Crippen molar-refractivity contribution in [1.29, 1.82) is 0 Å². The summed E-state index contributed by atoms with van der Waals surface area (Å²) < 4.78 is 24.0. The van der Waals surface area contributed by atoms with Crippen LogP contribution in [0.25, 0.3) is 0 Å². The van der Waals surface area contributed by atoms with Crippen molar-refractivity contribution < 1.29 is 13.2 Å². The lowest BCUT2D eigenvalue weighted by molar-refractivity contribution is -0.126. The Morgan fingerprint density at radius 1 is 1.47 bits per heavy atom. The number of sulfonamides is 1. The van der Waals surface area contributed by atoms with Crippen molar-refractivity contribution in [1.82, 2.24) is 9.62 Å². The molecule has 6 heteroatoms. The lowest BCUT2D eigenvalue weighted by Crippen LogP contribution is -2.42. The van der Waals surface area contributed by atoms with Gasteiger partial charge in [-0.2, -0.15) is 0 Å². The van der Waals surface area contributed by atoms with Crippen LogP contribution < -0.4 is 5.32 Å². The average Bonchev–Trinajstić information content (AvgIpc) is 2.28. The van der Waals surface area contributed by atoms with Gasteiger partial charge in [0.1, 0.15) is 0 Å².